The van der Waals surface area contributed by atoms with Crippen molar-refractivity contribution in [2.75, 3.05) is 20.8 Å². The van der Waals surface area contributed by atoms with Crippen LogP contribution in [-0.2, 0) is 6.54 Å². The van der Waals surface area contributed by atoms with Gasteiger partial charge < -0.3 is 19.9 Å². The summed E-state index contributed by atoms with van der Waals surface area (Å²) in [6.07, 6.45) is -0.602. The summed E-state index contributed by atoms with van der Waals surface area (Å²) in [6.45, 7) is 3.33. The predicted molar refractivity (Wildman–Crippen MR) is 85.3 cm³/mol. The SMILES string of the molecule is COc1cc(OC)cc(C(O)CNCc2ccc(C)s2)c1. The fourth-order valence-electron chi connectivity index (χ4n) is 2.05. The summed E-state index contributed by atoms with van der Waals surface area (Å²) in [6, 6.07) is 9.64. The zero-order valence-electron chi connectivity index (χ0n) is 12.6. The van der Waals surface area contributed by atoms with E-state index in [1.165, 1.54) is 9.75 Å². The zero-order chi connectivity index (χ0) is 15.2. The van der Waals surface area contributed by atoms with E-state index in [9.17, 15) is 5.11 Å². The minimum absolute atomic E-state index is 0.479. The third-order valence-corrected chi connectivity index (χ3v) is 4.19. The minimum atomic E-state index is -0.602. The Balaban J connectivity index is 1.94. The molecule has 0 saturated carbocycles. The number of aryl methyl sites for hydroxylation is 1. The van der Waals surface area contributed by atoms with Crippen LogP contribution >= 0.6 is 11.3 Å². The van der Waals surface area contributed by atoms with Crippen LogP contribution in [0.1, 0.15) is 21.4 Å². The maximum Gasteiger partial charge on any atom is 0.122 e. The van der Waals surface area contributed by atoms with Crippen molar-refractivity contribution in [3.8, 4) is 11.5 Å². The van der Waals surface area contributed by atoms with E-state index in [4.69, 9.17) is 9.47 Å². The summed E-state index contributed by atoms with van der Waals surface area (Å²) < 4.78 is 10.4. The van der Waals surface area contributed by atoms with Crippen molar-refractivity contribution >= 4 is 11.3 Å². The van der Waals surface area contributed by atoms with E-state index in [-0.39, 0.29) is 0 Å². The van der Waals surface area contributed by atoms with Crippen LogP contribution in [0.25, 0.3) is 0 Å². The number of methoxy groups -OCH3 is 2. The summed E-state index contributed by atoms with van der Waals surface area (Å²) in [5, 5.41) is 13.5. The largest absolute Gasteiger partial charge is 0.497 e. The van der Waals surface area contributed by atoms with Gasteiger partial charge in [0.1, 0.15) is 11.5 Å². The van der Waals surface area contributed by atoms with Crippen LogP contribution in [-0.4, -0.2) is 25.9 Å². The number of thiophene rings is 1. The molecule has 114 valence electrons. The first-order chi connectivity index (χ1) is 10.1. The predicted octanol–water partition coefficient (Wildman–Crippen LogP) is 2.90. The van der Waals surface area contributed by atoms with E-state index in [0.29, 0.717) is 18.0 Å². The summed E-state index contributed by atoms with van der Waals surface area (Å²) in [4.78, 5) is 2.56. The summed E-state index contributed by atoms with van der Waals surface area (Å²) in [7, 11) is 3.20. The second-order valence-corrected chi connectivity index (χ2v) is 6.18. The van der Waals surface area contributed by atoms with Gasteiger partial charge in [0.05, 0.1) is 20.3 Å². The van der Waals surface area contributed by atoms with E-state index in [1.54, 1.807) is 31.6 Å². The van der Waals surface area contributed by atoms with Gasteiger partial charge in [0.15, 0.2) is 0 Å². The molecular formula is C16H21NO3S. The molecule has 0 aliphatic rings. The number of nitrogens with one attached hydrogen (secondary N) is 1. The van der Waals surface area contributed by atoms with Crippen LogP contribution < -0.4 is 14.8 Å². The molecule has 5 heteroatoms. The maximum atomic E-state index is 10.3. The van der Waals surface area contributed by atoms with Gasteiger partial charge in [0.2, 0.25) is 0 Å². The lowest BCUT2D eigenvalue weighted by Gasteiger charge is -2.14. The monoisotopic (exact) mass is 307 g/mol. The Bertz CT molecular complexity index is 560. The lowest BCUT2D eigenvalue weighted by Crippen LogP contribution is -2.20. The quantitative estimate of drug-likeness (QED) is 0.826. The molecule has 1 unspecified atom stereocenters. The number of rotatable bonds is 7. The van der Waals surface area contributed by atoms with Gasteiger partial charge in [-0.2, -0.15) is 0 Å². The molecule has 21 heavy (non-hydrogen) atoms. The van der Waals surface area contributed by atoms with Crippen LogP contribution in [0.2, 0.25) is 0 Å². The van der Waals surface area contributed by atoms with E-state index in [2.05, 4.69) is 24.4 Å². The Labute approximate surface area is 129 Å². The second kappa shape index (κ2) is 7.45. The molecule has 2 aromatic rings. The first-order valence-corrected chi connectivity index (χ1v) is 7.61. The summed E-state index contributed by atoms with van der Waals surface area (Å²) in [5.74, 6) is 1.36. The second-order valence-electron chi connectivity index (χ2n) is 4.81. The number of hydrogen-bond donors (Lipinski definition) is 2. The lowest BCUT2D eigenvalue weighted by molar-refractivity contribution is 0.173. The average molecular weight is 307 g/mol. The standard InChI is InChI=1S/C16H21NO3S/c1-11-4-5-15(21-11)9-17-10-16(18)12-6-13(19-2)8-14(7-12)20-3/h4-8,16-18H,9-10H2,1-3H3. The van der Waals surface area contributed by atoms with E-state index in [1.807, 2.05) is 12.1 Å². The van der Waals surface area contributed by atoms with E-state index >= 15 is 0 Å². The van der Waals surface area contributed by atoms with Gasteiger partial charge in [0.25, 0.3) is 0 Å². The van der Waals surface area contributed by atoms with Gasteiger partial charge in [-0.15, -0.1) is 11.3 Å². The topological polar surface area (TPSA) is 50.7 Å². The van der Waals surface area contributed by atoms with E-state index in [0.717, 1.165) is 12.1 Å². The van der Waals surface area contributed by atoms with E-state index < -0.39 is 6.10 Å². The highest BCUT2D eigenvalue weighted by molar-refractivity contribution is 7.11. The third kappa shape index (κ3) is 4.46. The van der Waals surface area contributed by atoms with Crippen molar-refractivity contribution in [1.29, 1.82) is 0 Å². The Kier molecular flexibility index (Phi) is 5.61. The van der Waals surface area contributed by atoms with Gasteiger partial charge in [-0.3, -0.25) is 0 Å². The molecule has 0 radical (unpaired) electrons. The maximum absolute atomic E-state index is 10.3. The van der Waals surface area contributed by atoms with Crippen molar-refractivity contribution in [1.82, 2.24) is 5.32 Å². The van der Waals surface area contributed by atoms with Crippen LogP contribution in [0, 0.1) is 6.92 Å². The molecule has 2 N–H and O–H groups in total. The average Bonchev–Trinajstić information content (AvgIpc) is 2.92. The highest BCUT2D eigenvalue weighted by Gasteiger charge is 2.11. The molecule has 1 aromatic carbocycles. The van der Waals surface area contributed by atoms with Crippen molar-refractivity contribution in [2.45, 2.75) is 19.6 Å². The minimum Gasteiger partial charge on any atom is -0.497 e. The molecule has 0 saturated heterocycles. The molecule has 4 nitrogen and oxygen atoms in total. The molecule has 1 aromatic heterocycles. The number of ether oxygens (including phenoxy) is 2. The molecule has 0 amide bonds. The lowest BCUT2D eigenvalue weighted by atomic mass is 10.1. The number of hydrogen-bond acceptors (Lipinski definition) is 5. The van der Waals surface area contributed by atoms with Crippen molar-refractivity contribution in [2.24, 2.45) is 0 Å². The Morgan fingerprint density at radius 3 is 2.33 bits per heavy atom. The molecule has 0 aliphatic heterocycles. The van der Waals surface area contributed by atoms with Gasteiger partial charge >= 0.3 is 0 Å². The normalized spacial score (nSPS) is 12.2. The number of aliphatic hydroxyl groups is 1. The highest BCUT2D eigenvalue weighted by atomic mass is 32.1. The fraction of sp³-hybridized carbons (Fsp3) is 0.375. The highest BCUT2D eigenvalue weighted by Crippen LogP contribution is 2.26. The summed E-state index contributed by atoms with van der Waals surface area (Å²) in [5.41, 5.74) is 0.779. The van der Waals surface area contributed by atoms with Crippen LogP contribution in [0.15, 0.2) is 30.3 Å². The fourth-order valence-corrected chi connectivity index (χ4v) is 2.91. The van der Waals surface area contributed by atoms with Gasteiger partial charge in [-0.05, 0) is 36.8 Å². The number of aliphatic hydroxyl groups excluding tert-OH is 1. The number of benzene rings is 1. The molecular weight excluding hydrogens is 286 g/mol. The molecule has 2 rings (SSSR count). The van der Waals surface area contributed by atoms with Crippen molar-refractivity contribution in [3.05, 3.63) is 45.6 Å². The van der Waals surface area contributed by atoms with Crippen molar-refractivity contribution in [3.63, 3.8) is 0 Å². The molecule has 0 aliphatic carbocycles. The molecule has 0 bridgehead atoms. The van der Waals surface area contributed by atoms with Crippen LogP contribution in [0.3, 0.4) is 0 Å². The third-order valence-electron chi connectivity index (χ3n) is 3.19. The first kappa shape index (κ1) is 15.8. The molecule has 1 heterocycles. The first-order valence-electron chi connectivity index (χ1n) is 6.79. The van der Waals surface area contributed by atoms with Gasteiger partial charge in [0, 0.05) is 28.9 Å². The Hall–Kier alpha value is -1.56. The van der Waals surface area contributed by atoms with Gasteiger partial charge in [-0.1, -0.05) is 0 Å². The van der Waals surface area contributed by atoms with Gasteiger partial charge in [-0.25, -0.2) is 0 Å². The summed E-state index contributed by atoms with van der Waals surface area (Å²) >= 11 is 1.76. The molecule has 0 spiro atoms. The zero-order valence-corrected chi connectivity index (χ0v) is 13.4. The smallest absolute Gasteiger partial charge is 0.122 e. The van der Waals surface area contributed by atoms with Crippen molar-refractivity contribution < 1.29 is 14.6 Å². The van der Waals surface area contributed by atoms with Crippen LogP contribution in [0.5, 0.6) is 11.5 Å². The Morgan fingerprint density at radius 1 is 1.14 bits per heavy atom. The van der Waals surface area contributed by atoms with Crippen LogP contribution in [0.4, 0.5) is 0 Å². The molecule has 1 atom stereocenters. The Morgan fingerprint density at radius 2 is 1.81 bits per heavy atom. The molecule has 0 fully saturated rings.